The summed E-state index contributed by atoms with van der Waals surface area (Å²) in [7, 11) is 0. The number of hydrogen-bond donors (Lipinski definition) is 5. The smallest absolute Gasteiger partial charge is 0.193 e. The zero-order valence-electron chi connectivity index (χ0n) is 15.0. The maximum Gasteiger partial charge on any atom is 0.193 e. The molecule has 0 aliphatic heterocycles. The van der Waals surface area contributed by atoms with Crippen LogP contribution in [0.2, 0.25) is 0 Å². The minimum Gasteiger partial charge on any atom is -0.512 e. The van der Waals surface area contributed by atoms with E-state index >= 15 is 0 Å². The second kappa shape index (κ2) is 8.05. The maximum atomic E-state index is 10.7. The lowest BCUT2D eigenvalue weighted by molar-refractivity contribution is -0.195. The Morgan fingerprint density at radius 3 is 2.31 bits per heavy atom. The van der Waals surface area contributed by atoms with Gasteiger partial charge in [-0.05, 0) is 41.8 Å². The van der Waals surface area contributed by atoms with Crippen molar-refractivity contribution in [3.63, 3.8) is 0 Å². The molecule has 1 aromatic carbocycles. The summed E-state index contributed by atoms with van der Waals surface area (Å²) in [6.07, 6.45) is 4.93. The summed E-state index contributed by atoms with van der Waals surface area (Å²) in [4.78, 5) is 0. The molecule has 142 valence electrons. The van der Waals surface area contributed by atoms with Crippen molar-refractivity contribution in [3.05, 3.63) is 58.9 Å². The van der Waals surface area contributed by atoms with Crippen molar-refractivity contribution in [2.45, 2.75) is 26.1 Å². The molecule has 1 aromatic rings. The third kappa shape index (κ3) is 4.95. The Labute approximate surface area is 153 Å². The molecule has 26 heavy (non-hydrogen) atoms. The van der Waals surface area contributed by atoms with Crippen LogP contribution in [0, 0.1) is 5.41 Å². The van der Waals surface area contributed by atoms with Crippen molar-refractivity contribution >= 4 is 6.08 Å². The number of aliphatic hydroxyl groups is 4. The van der Waals surface area contributed by atoms with E-state index in [2.05, 4.69) is 0 Å². The van der Waals surface area contributed by atoms with E-state index in [4.69, 9.17) is 4.74 Å². The molecule has 5 N–H and O–H groups in total. The standard InChI is InChI=1S/C20H26O6/c1-14-16(6-3-15-4-7-17(23)8-5-15)9-20(25,10-18(14)24)26-13-19(2,11-21)12-22/h3-9,21-25H,10-13H2,1-2H3. The molecule has 6 heteroatoms. The van der Waals surface area contributed by atoms with Gasteiger partial charge in [0.1, 0.15) is 11.5 Å². The zero-order chi connectivity index (χ0) is 19.4. The maximum absolute atomic E-state index is 10.7. The Hall–Kier alpha value is -2.12. The molecule has 1 unspecified atom stereocenters. The quantitative estimate of drug-likeness (QED) is 0.476. The number of allylic oxidation sites excluding steroid dienone is 3. The highest BCUT2D eigenvalue weighted by Crippen LogP contribution is 2.33. The molecule has 0 fully saturated rings. The molecule has 1 aliphatic carbocycles. The predicted molar refractivity (Wildman–Crippen MR) is 98.4 cm³/mol. The van der Waals surface area contributed by atoms with Crippen molar-refractivity contribution in [2.24, 2.45) is 5.41 Å². The predicted octanol–water partition coefficient (Wildman–Crippen LogP) is 2.26. The molecular formula is C20H26O6. The first-order chi connectivity index (χ1) is 12.2. The first-order valence-corrected chi connectivity index (χ1v) is 8.37. The van der Waals surface area contributed by atoms with Crippen LogP contribution in [0.5, 0.6) is 5.75 Å². The Morgan fingerprint density at radius 1 is 1.12 bits per heavy atom. The van der Waals surface area contributed by atoms with E-state index in [0.29, 0.717) is 11.1 Å². The van der Waals surface area contributed by atoms with Crippen molar-refractivity contribution in [1.29, 1.82) is 0 Å². The van der Waals surface area contributed by atoms with E-state index in [9.17, 15) is 25.5 Å². The average Bonchev–Trinajstić information content (AvgIpc) is 2.63. The number of phenols is 1. The minimum atomic E-state index is -1.73. The fourth-order valence-electron chi connectivity index (χ4n) is 2.42. The summed E-state index contributed by atoms with van der Waals surface area (Å²) in [5.74, 6) is -1.55. The van der Waals surface area contributed by atoms with Crippen LogP contribution in [0.15, 0.2) is 53.3 Å². The zero-order valence-corrected chi connectivity index (χ0v) is 15.0. The van der Waals surface area contributed by atoms with Gasteiger partial charge in [0.05, 0.1) is 26.2 Å². The molecule has 0 spiro atoms. The van der Waals surface area contributed by atoms with Gasteiger partial charge in [-0.25, -0.2) is 0 Å². The van der Waals surface area contributed by atoms with Crippen molar-refractivity contribution in [2.75, 3.05) is 19.8 Å². The fourth-order valence-corrected chi connectivity index (χ4v) is 2.42. The molecule has 0 heterocycles. The minimum absolute atomic E-state index is 0.00931. The lowest BCUT2D eigenvalue weighted by Gasteiger charge is -2.34. The highest BCUT2D eigenvalue weighted by molar-refractivity contribution is 5.58. The molecule has 1 atom stereocenters. The third-order valence-corrected chi connectivity index (χ3v) is 4.45. The van der Waals surface area contributed by atoms with Crippen LogP contribution in [-0.4, -0.2) is 51.1 Å². The van der Waals surface area contributed by atoms with E-state index in [1.54, 1.807) is 50.3 Å². The number of phenolic OH excluding ortho intramolecular Hbond substituents is 1. The first-order valence-electron chi connectivity index (χ1n) is 8.37. The van der Waals surface area contributed by atoms with Gasteiger partial charge in [0, 0.05) is 5.41 Å². The lowest BCUT2D eigenvalue weighted by Crippen LogP contribution is -2.40. The highest BCUT2D eigenvalue weighted by Gasteiger charge is 2.35. The largest absolute Gasteiger partial charge is 0.512 e. The third-order valence-electron chi connectivity index (χ3n) is 4.45. The molecule has 0 saturated heterocycles. The van der Waals surface area contributed by atoms with Gasteiger partial charge in [-0.15, -0.1) is 0 Å². The normalized spacial score (nSPS) is 21.3. The van der Waals surface area contributed by atoms with Crippen LogP contribution < -0.4 is 0 Å². The fraction of sp³-hybridized carbons (Fsp3) is 0.400. The second-order valence-corrected chi connectivity index (χ2v) is 7.03. The van der Waals surface area contributed by atoms with Crippen LogP contribution in [0.1, 0.15) is 25.8 Å². The molecule has 2 rings (SSSR count). The van der Waals surface area contributed by atoms with E-state index in [0.717, 1.165) is 5.56 Å². The molecule has 0 aromatic heterocycles. The van der Waals surface area contributed by atoms with Crippen LogP contribution in [-0.2, 0) is 4.74 Å². The van der Waals surface area contributed by atoms with Crippen LogP contribution in [0.4, 0.5) is 0 Å². The van der Waals surface area contributed by atoms with E-state index < -0.39 is 11.2 Å². The Balaban J connectivity index is 2.21. The SMILES string of the molecule is CC1=C(O)CC(O)(OCC(C)(CO)CO)C=C1C=Cc1ccc(O)cc1. The molecule has 0 radical (unpaired) electrons. The van der Waals surface area contributed by atoms with Crippen molar-refractivity contribution < 1.29 is 30.3 Å². The number of rotatable bonds is 7. The van der Waals surface area contributed by atoms with Gasteiger partial charge >= 0.3 is 0 Å². The van der Waals surface area contributed by atoms with Crippen LogP contribution >= 0.6 is 0 Å². The van der Waals surface area contributed by atoms with E-state index in [-0.39, 0.29) is 37.8 Å². The monoisotopic (exact) mass is 362 g/mol. The van der Waals surface area contributed by atoms with Gasteiger partial charge in [0.25, 0.3) is 0 Å². The number of aromatic hydroxyl groups is 1. The molecule has 6 nitrogen and oxygen atoms in total. The Kier molecular flexibility index (Phi) is 6.26. The topological polar surface area (TPSA) is 110 Å². The summed E-state index contributed by atoms with van der Waals surface area (Å²) in [5.41, 5.74) is 1.18. The summed E-state index contributed by atoms with van der Waals surface area (Å²) in [5, 5.41) is 48.9. The van der Waals surface area contributed by atoms with Crippen LogP contribution in [0.3, 0.4) is 0 Å². The number of ether oxygens (including phenoxy) is 1. The number of aliphatic hydroxyl groups excluding tert-OH is 3. The van der Waals surface area contributed by atoms with Gasteiger partial charge in [0.15, 0.2) is 5.79 Å². The van der Waals surface area contributed by atoms with Crippen LogP contribution in [0.25, 0.3) is 6.08 Å². The van der Waals surface area contributed by atoms with E-state index in [1.165, 1.54) is 6.08 Å². The van der Waals surface area contributed by atoms with E-state index in [1.807, 2.05) is 0 Å². The molecular weight excluding hydrogens is 336 g/mol. The van der Waals surface area contributed by atoms with Gasteiger partial charge in [-0.1, -0.05) is 31.2 Å². The van der Waals surface area contributed by atoms with Gasteiger partial charge < -0.3 is 30.3 Å². The van der Waals surface area contributed by atoms with Crippen molar-refractivity contribution in [1.82, 2.24) is 0 Å². The Bertz CT molecular complexity index is 712. The average molecular weight is 362 g/mol. The summed E-state index contributed by atoms with van der Waals surface area (Å²) >= 11 is 0. The molecule has 0 saturated carbocycles. The molecule has 0 bridgehead atoms. The summed E-state index contributed by atoms with van der Waals surface area (Å²) in [6.45, 7) is 2.72. The molecule has 0 amide bonds. The Morgan fingerprint density at radius 2 is 1.73 bits per heavy atom. The van der Waals surface area contributed by atoms with Gasteiger partial charge in [-0.2, -0.15) is 0 Å². The summed E-state index contributed by atoms with van der Waals surface area (Å²) in [6, 6.07) is 6.62. The first kappa shape index (κ1) is 20.2. The highest BCUT2D eigenvalue weighted by atomic mass is 16.6. The van der Waals surface area contributed by atoms with Crippen molar-refractivity contribution in [3.8, 4) is 5.75 Å². The second-order valence-electron chi connectivity index (χ2n) is 7.03. The van der Waals surface area contributed by atoms with Gasteiger partial charge in [0.2, 0.25) is 0 Å². The number of benzene rings is 1. The van der Waals surface area contributed by atoms with Gasteiger partial charge in [-0.3, -0.25) is 0 Å². The lowest BCUT2D eigenvalue weighted by atomic mass is 9.91. The summed E-state index contributed by atoms with van der Waals surface area (Å²) < 4.78 is 5.53. The molecule has 1 aliphatic rings. The number of hydrogen-bond acceptors (Lipinski definition) is 6.